The Labute approximate surface area is 169 Å². The molecule has 0 radical (unpaired) electrons. The van der Waals surface area contributed by atoms with Gasteiger partial charge >= 0.3 is 5.97 Å². The van der Waals surface area contributed by atoms with Crippen LogP contribution in [-0.2, 0) is 12.8 Å². The first-order valence-corrected chi connectivity index (χ1v) is 9.70. The molecule has 1 N–H and O–H groups in total. The van der Waals surface area contributed by atoms with Gasteiger partial charge < -0.3 is 9.84 Å². The number of hydrogen-bond acceptors (Lipinski definition) is 2. The van der Waals surface area contributed by atoms with Crippen LogP contribution in [0.5, 0.6) is 5.75 Å². The monoisotopic (exact) mass is 392 g/mol. The van der Waals surface area contributed by atoms with Crippen molar-refractivity contribution in [2.45, 2.75) is 31.8 Å². The van der Waals surface area contributed by atoms with Crippen LogP contribution in [0.4, 0.5) is 0 Å². The van der Waals surface area contributed by atoms with Crippen molar-refractivity contribution >= 4 is 17.6 Å². The number of hydrogen-bond donors (Lipinski definition) is 1. The number of carboxylic acids is 1. The largest absolute Gasteiger partial charge is 0.486 e. The van der Waals surface area contributed by atoms with Crippen LogP contribution in [0.1, 0.15) is 34.8 Å². The SMILES string of the molecule is CC1(Cc2cccc(Cl)c2)CCc2cccc(-c3cccc(C(=O)O)c3)c2O1. The first-order valence-electron chi connectivity index (χ1n) is 9.33. The molecule has 4 heteroatoms. The molecular formula is C24H21ClO3. The second kappa shape index (κ2) is 7.33. The van der Waals surface area contributed by atoms with E-state index in [9.17, 15) is 9.90 Å². The fraction of sp³-hybridized carbons (Fsp3) is 0.208. The van der Waals surface area contributed by atoms with Crippen LogP contribution in [0, 0.1) is 0 Å². The molecular weight excluding hydrogens is 372 g/mol. The van der Waals surface area contributed by atoms with Crippen molar-refractivity contribution in [1.82, 2.24) is 0 Å². The van der Waals surface area contributed by atoms with Crippen molar-refractivity contribution in [3.05, 3.63) is 88.4 Å². The molecule has 0 saturated carbocycles. The zero-order valence-corrected chi connectivity index (χ0v) is 16.4. The van der Waals surface area contributed by atoms with Crippen molar-refractivity contribution in [3.8, 4) is 16.9 Å². The predicted octanol–water partition coefficient (Wildman–Crippen LogP) is 6.03. The minimum atomic E-state index is -0.932. The van der Waals surface area contributed by atoms with E-state index < -0.39 is 5.97 Å². The third-order valence-corrected chi connectivity index (χ3v) is 5.49. The Hall–Kier alpha value is -2.78. The number of benzene rings is 3. The number of carbonyl (C=O) groups is 1. The lowest BCUT2D eigenvalue weighted by Gasteiger charge is -2.37. The molecule has 0 spiro atoms. The molecule has 0 amide bonds. The van der Waals surface area contributed by atoms with Crippen LogP contribution in [0.2, 0.25) is 5.02 Å². The second-order valence-corrected chi connectivity index (χ2v) is 7.97. The summed E-state index contributed by atoms with van der Waals surface area (Å²) in [5.41, 5.74) is 4.00. The molecule has 0 aliphatic carbocycles. The van der Waals surface area contributed by atoms with Crippen molar-refractivity contribution in [2.75, 3.05) is 0 Å². The zero-order valence-electron chi connectivity index (χ0n) is 15.6. The van der Waals surface area contributed by atoms with Crippen LogP contribution in [-0.4, -0.2) is 16.7 Å². The standard InChI is InChI=1S/C24H21ClO3/c1-24(15-16-5-2-9-20(25)13-16)12-11-17-6-4-10-21(22(17)28-24)18-7-3-8-19(14-18)23(26)27/h2-10,13-14H,11-12,15H2,1H3,(H,26,27). The van der Waals surface area contributed by atoms with E-state index in [1.807, 2.05) is 36.4 Å². The van der Waals surface area contributed by atoms with Crippen LogP contribution in [0.15, 0.2) is 66.7 Å². The summed E-state index contributed by atoms with van der Waals surface area (Å²) < 4.78 is 6.56. The van der Waals surface area contributed by atoms with Gasteiger partial charge in [-0.15, -0.1) is 0 Å². The predicted molar refractivity (Wildman–Crippen MR) is 111 cm³/mol. The maximum Gasteiger partial charge on any atom is 0.335 e. The summed E-state index contributed by atoms with van der Waals surface area (Å²) >= 11 is 6.15. The Bertz CT molecular complexity index is 1040. The third-order valence-electron chi connectivity index (χ3n) is 5.26. The van der Waals surface area contributed by atoms with Crippen molar-refractivity contribution in [1.29, 1.82) is 0 Å². The summed E-state index contributed by atoms with van der Waals surface area (Å²) in [6, 6.07) is 21.0. The van der Waals surface area contributed by atoms with E-state index in [1.54, 1.807) is 18.2 Å². The second-order valence-electron chi connectivity index (χ2n) is 7.54. The van der Waals surface area contributed by atoms with Gasteiger partial charge in [-0.25, -0.2) is 4.79 Å². The Morgan fingerprint density at radius 1 is 1.11 bits per heavy atom. The molecule has 0 aromatic heterocycles. The molecule has 28 heavy (non-hydrogen) atoms. The van der Waals surface area contributed by atoms with Crippen molar-refractivity contribution < 1.29 is 14.6 Å². The number of halogens is 1. The van der Waals surface area contributed by atoms with Gasteiger partial charge in [0.2, 0.25) is 0 Å². The molecule has 1 aliphatic rings. The van der Waals surface area contributed by atoms with E-state index in [0.717, 1.165) is 52.3 Å². The molecule has 4 rings (SSSR count). The summed E-state index contributed by atoms with van der Waals surface area (Å²) in [6.45, 7) is 2.13. The first-order chi connectivity index (χ1) is 13.4. The molecule has 1 heterocycles. The van der Waals surface area contributed by atoms with Crippen molar-refractivity contribution in [3.63, 3.8) is 0 Å². The number of fused-ring (bicyclic) bond motifs is 1. The lowest BCUT2D eigenvalue weighted by atomic mass is 9.85. The summed E-state index contributed by atoms with van der Waals surface area (Å²) in [5.74, 6) is -0.0841. The van der Waals surface area contributed by atoms with Crippen LogP contribution >= 0.6 is 11.6 Å². The lowest BCUT2D eigenvalue weighted by Crippen LogP contribution is -2.38. The van der Waals surface area contributed by atoms with Gasteiger partial charge in [-0.1, -0.05) is 54.1 Å². The number of aryl methyl sites for hydroxylation is 1. The van der Waals surface area contributed by atoms with E-state index in [1.165, 1.54) is 0 Å². The van der Waals surface area contributed by atoms with Gasteiger partial charge in [0.05, 0.1) is 5.56 Å². The van der Waals surface area contributed by atoms with Gasteiger partial charge in [0.25, 0.3) is 0 Å². The minimum absolute atomic E-state index is 0.271. The maximum atomic E-state index is 11.4. The van der Waals surface area contributed by atoms with E-state index in [0.29, 0.717) is 0 Å². The van der Waals surface area contributed by atoms with Crippen LogP contribution < -0.4 is 4.74 Å². The average Bonchev–Trinajstić information content (AvgIpc) is 2.67. The molecule has 0 fully saturated rings. The number of ether oxygens (including phenoxy) is 1. The van der Waals surface area contributed by atoms with Crippen LogP contribution in [0.3, 0.4) is 0 Å². The van der Waals surface area contributed by atoms with Gasteiger partial charge in [0.1, 0.15) is 11.4 Å². The zero-order chi connectivity index (χ0) is 19.7. The molecule has 3 aromatic carbocycles. The molecule has 1 unspecified atom stereocenters. The molecule has 3 nitrogen and oxygen atoms in total. The third kappa shape index (κ3) is 3.76. The Balaban J connectivity index is 1.70. The van der Waals surface area contributed by atoms with Gasteiger partial charge in [-0.05, 0) is 60.7 Å². The van der Waals surface area contributed by atoms with Crippen molar-refractivity contribution in [2.24, 2.45) is 0 Å². The van der Waals surface area contributed by atoms with Gasteiger partial charge in [0.15, 0.2) is 0 Å². The smallest absolute Gasteiger partial charge is 0.335 e. The summed E-state index contributed by atoms with van der Waals surface area (Å²) in [6.07, 6.45) is 2.58. The highest BCUT2D eigenvalue weighted by molar-refractivity contribution is 6.30. The fourth-order valence-corrected chi connectivity index (χ4v) is 4.06. The fourth-order valence-electron chi connectivity index (χ4n) is 3.85. The van der Waals surface area contributed by atoms with E-state index in [2.05, 4.69) is 19.1 Å². The Kier molecular flexibility index (Phi) is 4.86. The van der Waals surface area contributed by atoms with Crippen LogP contribution in [0.25, 0.3) is 11.1 Å². The highest BCUT2D eigenvalue weighted by atomic mass is 35.5. The topological polar surface area (TPSA) is 46.5 Å². The molecule has 1 atom stereocenters. The Morgan fingerprint density at radius 2 is 1.89 bits per heavy atom. The quantitative estimate of drug-likeness (QED) is 0.589. The lowest BCUT2D eigenvalue weighted by molar-refractivity contribution is 0.0660. The maximum absolute atomic E-state index is 11.4. The Morgan fingerprint density at radius 3 is 2.68 bits per heavy atom. The van der Waals surface area contributed by atoms with Gasteiger partial charge in [-0.2, -0.15) is 0 Å². The number of para-hydroxylation sites is 1. The van der Waals surface area contributed by atoms with Gasteiger partial charge in [0, 0.05) is 17.0 Å². The molecule has 0 saturated heterocycles. The summed E-state index contributed by atoms with van der Waals surface area (Å²) in [5, 5.41) is 10.0. The first kappa shape index (κ1) is 18.6. The molecule has 142 valence electrons. The minimum Gasteiger partial charge on any atom is -0.486 e. The summed E-state index contributed by atoms with van der Waals surface area (Å²) in [7, 11) is 0. The number of carboxylic acid groups (broad SMARTS) is 1. The summed E-state index contributed by atoms with van der Waals surface area (Å²) in [4.78, 5) is 11.4. The van der Waals surface area contributed by atoms with E-state index in [4.69, 9.17) is 16.3 Å². The van der Waals surface area contributed by atoms with E-state index in [-0.39, 0.29) is 11.2 Å². The highest BCUT2D eigenvalue weighted by Crippen LogP contribution is 2.42. The highest BCUT2D eigenvalue weighted by Gasteiger charge is 2.33. The number of rotatable bonds is 4. The molecule has 0 bridgehead atoms. The average molecular weight is 393 g/mol. The normalized spacial score (nSPS) is 18.2. The molecule has 3 aromatic rings. The molecule has 1 aliphatic heterocycles. The van der Waals surface area contributed by atoms with Gasteiger partial charge in [-0.3, -0.25) is 0 Å². The number of aromatic carboxylic acids is 1. The van der Waals surface area contributed by atoms with E-state index >= 15 is 0 Å².